The predicted octanol–water partition coefficient (Wildman–Crippen LogP) is 4.11. The zero-order chi connectivity index (χ0) is 12.3. The number of ether oxygens (including phenoxy) is 1. The van der Waals surface area contributed by atoms with E-state index in [1.165, 1.54) is 19.3 Å². The van der Waals surface area contributed by atoms with E-state index in [0.29, 0.717) is 22.3 Å². The molecule has 2 rings (SSSR count). The molecule has 17 heavy (non-hydrogen) atoms. The molecule has 0 bridgehead atoms. The molecule has 0 aromatic heterocycles. The van der Waals surface area contributed by atoms with E-state index in [0.717, 1.165) is 12.7 Å². The highest BCUT2D eigenvalue weighted by atomic mass is 35.5. The first-order valence-electron chi connectivity index (χ1n) is 6.12. The third kappa shape index (κ3) is 3.01. The Morgan fingerprint density at radius 1 is 1.35 bits per heavy atom. The normalized spacial score (nSPS) is 24.4. The second kappa shape index (κ2) is 5.54. The molecule has 3 heteroatoms. The maximum absolute atomic E-state index is 10.6. The number of carbonyl (C=O) groups is 1. The summed E-state index contributed by atoms with van der Waals surface area (Å²) in [6, 6.07) is 5.17. The van der Waals surface area contributed by atoms with Gasteiger partial charge in [-0.1, -0.05) is 24.9 Å². The Morgan fingerprint density at radius 3 is 2.76 bits per heavy atom. The van der Waals surface area contributed by atoms with E-state index in [1.807, 2.05) is 0 Å². The molecule has 2 nitrogen and oxygen atoms in total. The average Bonchev–Trinajstić information content (AvgIpc) is 2.34. The number of halogens is 1. The van der Waals surface area contributed by atoms with Gasteiger partial charge in [0.05, 0.1) is 5.02 Å². The minimum Gasteiger partial charge on any atom is -0.489 e. The molecule has 1 saturated carbocycles. The van der Waals surface area contributed by atoms with Crippen LogP contribution in [0.1, 0.15) is 43.0 Å². The van der Waals surface area contributed by atoms with Gasteiger partial charge < -0.3 is 4.74 Å². The second-order valence-corrected chi connectivity index (χ2v) is 5.13. The minimum atomic E-state index is 0.253. The van der Waals surface area contributed by atoms with Gasteiger partial charge in [0.25, 0.3) is 0 Å². The van der Waals surface area contributed by atoms with Crippen LogP contribution in [0.5, 0.6) is 5.75 Å². The van der Waals surface area contributed by atoms with E-state index in [1.54, 1.807) is 18.2 Å². The van der Waals surface area contributed by atoms with Gasteiger partial charge in [-0.15, -0.1) is 0 Å². The van der Waals surface area contributed by atoms with E-state index in [9.17, 15) is 4.79 Å². The maximum Gasteiger partial charge on any atom is 0.150 e. The highest BCUT2D eigenvalue weighted by Gasteiger charge is 2.23. The molecule has 0 heterocycles. The van der Waals surface area contributed by atoms with Crippen molar-refractivity contribution in [2.45, 2.75) is 38.7 Å². The van der Waals surface area contributed by atoms with Crippen molar-refractivity contribution in [2.24, 2.45) is 5.92 Å². The van der Waals surface area contributed by atoms with Gasteiger partial charge in [0.15, 0.2) is 0 Å². The van der Waals surface area contributed by atoms with Crippen LogP contribution in [0.2, 0.25) is 5.02 Å². The molecule has 2 unspecified atom stereocenters. The van der Waals surface area contributed by atoms with E-state index >= 15 is 0 Å². The first-order chi connectivity index (χ1) is 8.20. The Balaban J connectivity index is 2.09. The molecule has 0 saturated heterocycles. The summed E-state index contributed by atoms with van der Waals surface area (Å²) in [4.78, 5) is 10.6. The monoisotopic (exact) mass is 252 g/mol. The quantitative estimate of drug-likeness (QED) is 0.757. The number of hydrogen-bond donors (Lipinski definition) is 0. The van der Waals surface area contributed by atoms with Crippen LogP contribution in [0.4, 0.5) is 0 Å². The minimum absolute atomic E-state index is 0.253. The summed E-state index contributed by atoms with van der Waals surface area (Å²) < 4.78 is 5.95. The lowest BCUT2D eigenvalue weighted by molar-refractivity contribution is 0.102. The lowest BCUT2D eigenvalue weighted by Crippen LogP contribution is -2.28. The van der Waals surface area contributed by atoms with Crippen molar-refractivity contribution < 1.29 is 9.53 Å². The second-order valence-electron chi connectivity index (χ2n) is 4.73. The number of carbonyl (C=O) groups excluding carboxylic acids is 1. The first kappa shape index (κ1) is 12.4. The van der Waals surface area contributed by atoms with Gasteiger partial charge in [-0.3, -0.25) is 4.79 Å². The van der Waals surface area contributed by atoms with Crippen LogP contribution < -0.4 is 4.74 Å². The zero-order valence-corrected chi connectivity index (χ0v) is 10.7. The van der Waals surface area contributed by atoms with Crippen LogP contribution in [0.15, 0.2) is 18.2 Å². The lowest BCUT2D eigenvalue weighted by atomic mass is 9.88. The topological polar surface area (TPSA) is 26.3 Å². The van der Waals surface area contributed by atoms with Crippen molar-refractivity contribution in [3.63, 3.8) is 0 Å². The Hall–Kier alpha value is -1.02. The zero-order valence-electron chi connectivity index (χ0n) is 9.99. The van der Waals surface area contributed by atoms with Gasteiger partial charge in [0.1, 0.15) is 18.1 Å². The summed E-state index contributed by atoms with van der Waals surface area (Å²) in [6.07, 6.45) is 5.86. The van der Waals surface area contributed by atoms with E-state index in [-0.39, 0.29) is 6.10 Å². The fourth-order valence-electron chi connectivity index (χ4n) is 2.31. The fraction of sp³-hybridized carbons (Fsp3) is 0.500. The highest BCUT2D eigenvalue weighted by Crippen LogP contribution is 2.32. The van der Waals surface area contributed by atoms with Gasteiger partial charge >= 0.3 is 0 Å². The molecule has 0 spiro atoms. The standard InChI is InChI=1S/C14H17ClO2/c1-10-4-2-3-5-13(10)17-14-7-6-11(9-16)8-12(14)15/h6-10,13H,2-5H2,1H3. The van der Waals surface area contributed by atoms with Crippen LogP contribution in [-0.4, -0.2) is 12.4 Å². The number of benzene rings is 1. The van der Waals surface area contributed by atoms with Crippen molar-refractivity contribution >= 4 is 17.9 Å². The Labute approximate surface area is 107 Å². The van der Waals surface area contributed by atoms with Crippen LogP contribution >= 0.6 is 11.6 Å². The van der Waals surface area contributed by atoms with Gasteiger partial charge in [0.2, 0.25) is 0 Å². The Kier molecular flexibility index (Phi) is 4.06. The molecule has 92 valence electrons. The lowest BCUT2D eigenvalue weighted by Gasteiger charge is -2.29. The van der Waals surface area contributed by atoms with Crippen molar-refractivity contribution in [3.8, 4) is 5.75 Å². The van der Waals surface area contributed by atoms with Gasteiger partial charge in [-0.05, 0) is 43.4 Å². The van der Waals surface area contributed by atoms with Crippen LogP contribution in [0, 0.1) is 5.92 Å². The molecule has 0 aliphatic heterocycles. The smallest absolute Gasteiger partial charge is 0.150 e. The average molecular weight is 253 g/mol. The third-order valence-corrected chi connectivity index (χ3v) is 3.70. The number of rotatable bonds is 3. The van der Waals surface area contributed by atoms with Gasteiger partial charge in [-0.25, -0.2) is 0 Å². The molecule has 1 aliphatic rings. The van der Waals surface area contributed by atoms with Gasteiger partial charge in [-0.2, -0.15) is 0 Å². The number of hydrogen-bond acceptors (Lipinski definition) is 2. The van der Waals surface area contributed by atoms with E-state index in [2.05, 4.69) is 6.92 Å². The van der Waals surface area contributed by atoms with Crippen LogP contribution in [0.3, 0.4) is 0 Å². The summed E-state index contributed by atoms with van der Waals surface area (Å²) in [5.74, 6) is 1.27. The van der Waals surface area contributed by atoms with Gasteiger partial charge in [0, 0.05) is 5.56 Å². The summed E-state index contributed by atoms with van der Waals surface area (Å²) in [5, 5.41) is 0.521. The molecule has 2 atom stereocenters. The molecule has 0 radical (unpaired) electrons. The predicted molar refractivity (Wildman–Crippen MR) is 68.9 cm³/mol. The molecule has 1 fully saturated rings. The number of aldehydes is 1. The Morgan fingerprint density at radius 2 is 2.12 bits per heavy atom. The molecular formula is C14H17ClO2. The van der Waals surface area contributed by atoms with Crippen LogP contribution in [-0.2, 0) is 0 Å². The van der Waals surface area contributed by atoms with Crippen LogP contribution in [0.25, 0.3) is 0 Å². The summed E-state index contributed by atoms with van der Waals surface area (Å²) in [5.41, 5.74) is 0.582. The molecule has 1 aliphatic carbocycles. The highest BCUT2D eigenvalue weighted by molar-refractivity contribution is 6.32. The van der Waals surface area contributed by atoms with Crippen molar-refractivity contribution in [2.75, 3.05) is 0 Å². The first-order valence-corrected chi connectivity index (χ1v) is 6.50. The molecule has 0 amide bonds. The molecule has 1 aromatic rings. The molecular weight excluding hydrogens is 236 g/mol. The SMILES string of the molecule is CC1CCCCC1Oc1ccc(C=O)cc1Cl. The largest absolute Gasteiger partial charge is 0.489 e. The summed E-state index contributed by atoms with van der Waals surface area (Å²) >= 11 is 6.09. The van der Waals surface area contributed by atoms with E-state index < -0.39 is 0 Å². The third-order valence-electron chi connectivity index (χ3n) is 3.40. The molecule has 0 N–H and O–H groups in total. The Bertz CT molecular complexity index is 403. The summed E-state index contributed by atoms with van der Waals surface area (Å²) in [6.45, 7) is 2.22. The van der Waals surface area contributed by atoms with Crippen molar-refractivity contribution in [3.05, 3.63) is 28.8 Å². The molecule has 1 aromatic carbocycles. The van der Waals surface area contributed by atoms with Crippen molar-refractivity contribution in [1.29, 1.82) is 0 Å². The van der Waals surface area contributed by atoms with Crippen molar-refractivity contribution in [1.82, 2.24) is 0 Å². The van der Waals surface area contributed by atoms with E-state index in [4.69, 9.17) is 16.3 Å². The maximum atomic E-state index is 10.6. The summed E-state index contributed by atoms with van der Waals surface area (Å²) in [7, 11) is 0. The fourth-order valence-corrected chi connectivity index (χ4v) is 2.54.